The summed E-state index contributed by atoms with van der Waals surface area (Å²) < 4.78 is 5.42. The molecule has 5 heteroatoms. The van der Waals surface area contributed by atoms with Crippen LogP contribution in [0.2, 0.25) is 5.02 Å². The van der Waals surface area contributed by atoms with Gasteiger partial charge < -0.3 is 4.74 Å². The molecule has 0 heterocycles. The maximum absolute atomic E-state index is 11.6. The van der Waals surface area contributed by atoms with Gasteiger partial charge in [0.1, 0.15) is 5.75 Å². The van der Waals surface area contributed by atoms with Gasteiger partial charge >= 0.3 is 0 Å². The molecular formula is C18H17ClN2O2. The second kappa shape index (κ2) is 8.76. The predicted molar refractivity (Wildman–Crippen MR) is 93.8 cm³/mol. The molecule has 0 spiro atoms. The number of nitrogens with zero attached hydrogens (tertiary/aromatic N) is 1. The highest BCUT2D eigenvalue weighted by molar-refractivity contribution is 6.30. The highest BCUT2D eigenvalue weighted by Gasteiger charge is 2.04. The molecular weight excluding hydrogens is 312 g/mol. The van der Waals surface area contributed by atoms with Gasteiger partial charge in [-0.15, -0.1) is 0 Å². The SMILES string of the molecule is Cc1cc(Cl)ccc1OCC(=O)NN=CC=Cc1ccccc1. The molecule has 4 nitrogen and oxygen atoms in total. The molecule has 0 aliphatic rings. The Bertz CT molecular complexity index is 712. The molecule has 2 aromatic carbocycles. The van der Waals surface area contributed by atoms with Crippen molar-refractivity contribution >= 4 is 29.8 Å². The first-order valence-corrected chi connectivity index (χ1v) is 7.45. The van der Waals surface area contributed by atoms with E-state index in [1.165, 1.54) is 6.21 Å². The van der Waals surface area contributed by atoms with Gasteiger partial charge in [0.15, 0.2) is 6.61 Å². The average Bonchev–Trinajstić information content (AvgIpc) is 2.54. The molecule has 0 fully saturated rings. The summed E-state index contributed by atoms with van der Waals surface area (Å²) in [7, 11) is 0. The van der Waals surface area contributed by atoms with Crippen molar-refractivity contribution in [3.63, 3.8) is 0 Å². The van der Waals surface area contributed by atoms with Gasteiger partial charge in [0.2, 0.25) is 0 Å². The molecule has 0 atom stereocenters. The number of nitrogens with one attached hydrogen (secondary N) is 1. The molecule has 0 aliphatic carbocycles. The first-order valence-electron chi connectivity index (χ1n) is 7.08. The number of halogens is 1. The lowest BCUT2D eigenvalue weighted by atomic mass is 10.2. The van der Waals surface area contributed by atoms with E-state index in [9.17, 15) is 4.79 Å². The van der Waals surface area contributed by atoms with Gasteiger partial charge in [-0.2, -0.15) is 5.10 Å². The van der Waals surface area contributed by atoms with E-state index < -0.39 is 0 Å². The molecule has 1 N–H and O–H groups in total. The van der Waals surface area contributed by atoms with Gasteiger partial charge in [0, 0.05) is 11.2 Å². The average molecular weight is 329 g/mol. The first-order chi connectivity index (χ1) is 11.1. The standard InChI is InChI=1S/C18H17ClN2O2/c1-14-12-16(19)9-10-17(14)23-13-18(22)21-20-11-5-8-15-6-3-2-4-7-15/h2-12H,13H2,1H3,(H,21,22). The molecule has 2 aromatic rings. The van der Waals surface area contributed by atoms with E-state index in [4.69, 9.17) is 16.3 Å². The van der Waals surface area contributed by atoms with Gasteiger partial charge in [-0.25, -0.2) is 5.43 Å². The van der Waals surface area contributed by atoms with Crippen molar-refractivity contribution in [2.75, 3.05) is 6.61 Å². The van der Waals surface area contributed by atoms with Crippen LogP contribution in [0.4, 0.5) is 0 Å². The Morgan fingerprint density at radius 1 is 1.26 bits per heavy atom. The van der Waals surface area contributed by atoms with Crippen LogP contribution in [-0.4, -0.2) is 18.7 Å². The van der Waals surface area contributed by atoms with E-state index in [2.05, 4.69) is 10.5 Å². The topological polar surface area (TPSA) is 50.7 Å². The number of carbonyl (C=O) groups excluding carboxylic acids is 1. The molecule has 0 unspecified atom stereocenters. The Hall–Kier alpha value is -2.59. The Labute approximate surface area is 140 Å². The fourth-order valence-corrected chi connectivity index (χ4v) is 2.05. The van der Waals surface area contributed by atoms with E-state index in [-0.39, 0.29) is 12.5 Å². The number of allylic oxidation sites excluding steroid dienone is 1. The maximum atomic E-state index is 11.6. The van der Waals surface area contributed by atoms with Crippen molar-refractivity contribution < 1.29 is 9.53 Å². The molecule has 0 saturated carbocycles. The predicted octanol–water partition coefficient (Wildman–Crippen LogP) is 3.84. The van der Waals surface area contributed by atoms with E-state index >= 15 is 0 Å². The zero-order chi connectivity index (χ0) is 16.5. The lowest BCUT2D eigenvalue weighted by molar-refractivity contribution is -0.123. The Kier molecular flexibility index (Phi) is 6.39. The van der Waals surface area contributed by atoms with Crippen molar-refractivity contribution in [3.8, 4) is 5.75 Å². The summed E-state index contributed by atoms with van der Waals surface area (Å²) in [4.78, 5) is 11.6. The van der Waals surface area contributed by atoms with Gasteiger partial charge in [-0.3, -0.25) is 4.79 Å². The van der Waals surface area contributed by atoms with Crippen molar-refractivity contribution in [3.05, 3.63) is 70.8 Å². The Morgan fingerprint density at radius 3 is 2.78 bits per heavy atom. The van der Waals surface area contributed by atoms with E-state index in [0.29, 0.717) is 10.8 Å². The van der Waals surface area contributed by atoms with Crippen molar-refractivity contribution in [2.45, 2.75) is 6.92 Å². The normalized spacial score (nSPS) is 11.0. The number of carbonyl (C=O) groups is 1. The number of rotatable bonds is 6. The van der Waals surface area contributed by atoms with Gasteiger partial charge in [-0.1, -0.05) is 48.0 Å². The monoisotopic (exact) mass is 328 g/mol. The first kappa shape index (κ1) is 16.8. The number of hydrazone groups is 1. The summed E-state index contributed by atoms with van der Waals surface area (Å²) in [6.45, 7) is 1.76. The third kappa shape index (κ3) is 5.96. The van der Waals surface area contributed by atoms with Crippen LogP contribution in [0.3, 0.4) is 0 Å². The third-order valence-corrected chi connectivity index (χ3v) is 3.17. The van der Waals surface area contributed by atoms with Gasteiger partial charge in [0.05, 0.1) is 0 Å². The Morgan fingerprint density at radius 2 is 2.04 bits per heavy atom. The van der Waals surface area contributed by atoms with Crippen LogP contribution in [0.15, 0.2) is 59.7 Å². The summed E-state index contributed by atoms with van der Waals surface area (Å²) in [5.74, 6) is 0.293. The molecule has 0 radical (unpaired) electrons. The van der Waals surface area contributed by atoms with Crippen LogP contribution < -0.4 is 10.2 Å². The molecule has 0 aliphatic heterocycles. The molecule has 23 heavy (non-hydrogen) atoms. The maximum Gasteiger partial charge on any atom is 0.277 e. The van der Waals surface area contributed by atoms with Crippen LogP contribution in [0.1, 0.15) is 11.1 Å². The third-order valence-electron chi connectivity index (χ3n) is 2.93. The Balaban J connectivity index is 1.74. The minimum atomic E-state index is -0.330. The quantitative estimate of drug-likeness (QED) is 0.647. The summed E-state index contributed by atoms with van der Waals surface area (Å²) in [5, 5.41) is 4.46. The zero-order valence-electron chi connectivity index (χ0n) is 12.7. The number of hydrogen-bond donors (Lipinski definition) is 1. The van der Waals surface area contributed by atoms with Crippen LogP contribution in [-0.2, 0) is 4.79 Å². The summed E-state index contributed by atoms with van der Waals surface area (Å²) in [5.41, 5.74) is 4.33. The zero-order valence-corrected chi connectivity index (χ0v) is 13.5. The second-order valence-corrected chi connectivity index (χ2v) is 5.22. The van der Waals surface area contributed by atoms with E-state index in [0.717, 1.165) is 11.1 Å². The van der Waals surface area contributed by atoms with Crippen LogP contribution in [0.5, 0.6) is 5.75 Å². The van der Waals surface area contributed by atoms with E-state index in [1.807, 2.05) is 43.3 Å². The lowest BCUT2D eigenvalue weighted by Gasteiger charge is -2.08. The van der Waals surface area contributed by atoms with Gasteiger partial charge in [0.25, 0.3) is 5.91 Å². The molecule has 2 rings (SSSR count). The number of hydrogen-bond acceptors (Lipinski definition) is 3. The largest absolute Gasteiger partial charge is 0.483 e. The highest BCUT2D eigenvalue weighted by Crippen LogP contribution is 2.21. The molecule has 118 valence electrons. The van der Waals surface area contributed by atoms with E-state index in [1.54, 1.807) is 24.3 Å². The number of ether oxygens (including phenoxy) is 1. The molecule has 0 aromatic heterocycles. The second-order valence-electron chi connectivity index (χ2n) is 4.78. The number of aryl methyl sites for hydroxylation is 1. The van der Waals surface area contributed by atoms with Crippen LogP contribution in [0, 0.1) is 6.92 Å². The van der Waals surface area contributed by atoms with Crippen molar-refractivity contribution in [1.29, 1.82) is 0 Å². The van der Waals surface area contributed by atoms with Gasteiger partial charge in [-0.05, 0) is 42.3 Å². The highest BCUT2D eigenvalue weighted by atomic mass is 35.5. The summed E-state index contributed by atoms with van der Waals surface area (Å²) in [6.07, 6.45) is 5.15. The minimum Gasteiger partial charge on any atom is -0.483 e. The minimum absolute atomic E-state index is 0.109. The summed E-state index contributed by atoms with van der Waals surface area (Å²) >= 11 is 5.86. The van der Waals surface area contributed by atoms with Crippen molar-refractivity contribution in [1.82, 2.24) is 5.43 Å². The lowest BCUT2D eigenvalue weighted by Crippen LogP contribution is -2.24. The summed E-state index contributed by atoms with van der Waals surface area (Å²) in [6, 6.07) is 15.0. The van der Waals surface area contributed by atoms with Crippen LogP contribution >= 0.6 is 11.6 Å². The van der Waals surface area contributed by atoms with Crippen molar-refractivity contribution in [2.24, 2.45) is 5.10 Å². The smallest absolute Gasteiger partial charge is 0.277 e. The number of amides is 1. The molecule has 0 bridgehead atoms. The van der Waals surface area contributed by atoms with Crippen LogP contribution in [0.25, 0.3) is 6.08 Å². The fraction of sp³-hybridized carbons (Fsp3) is 0.111. The number of benzene rings is 2. The fourth-order valence-electron chi connectivity index (χ4n) is 1.82. The molecule has 1 amide bonds. The molecule has 0 saturated heterocycles.